The van der Waals surface area contributed by atoms with Gasteiger partial charge in [-0.3, -0.25) is 0 Å². The van der Waals surface area contributed by atoms with Crippen molar-refractivity contribution in [1.82, 2.24) is 24.1 Å². The highest BCUT2D eigenvalue weighted by Crippen LogP contribution is 2.64. The average molecular weight is 1260 g/mol. The van der Waals surface area contributed by atoms with Gasteiger partial charge in [-0.05, 0) is 173 Å². The van der Waals surface area contributed by atoms with Crippen LogP contribution in [-0.4, -0.2) is 24.1 Å². The predicted octanol–water partition coefficient (Wildman–Crippen LogP) is 23.7. The molecule has 0 bridgehead atoms. The highest BCUT2D eigenvalue weighted by Gasteiger charge is 2.52. The Morgan fingerprint density at radius 1 is 0.202 bits per heavy atom. The van der Waals surface area contributed by atoms with Crippen molar-refractivity contribution < 1.29 is 0 Å². The topological polar surface area (TPSA) is 48.5 Å². The lowest BCUT2D eigenvalue weighted by Crippen LogP contribution is -2.25. The third-order valence-electron chi connectivity index (χ3n) is 20.7. The Hall–Kier alpha value is -13.1. The van der Waals surface area contributed by atoms with Crippen molar-refractivity contribution in [2.75, 3.05) is 0 Å². The van der Waals surface area contributed by atoms with Crippen molar-refractivity contribution >= 4 is 43.6 Å². The summed E-state index contributed by atoms with van der Waals surface area (Å²) in [6.07, 6.45) is 0. The first-order chi connectivity index (χ1) is 49.1. The number of hydrogen-bond donors (Lipinski definition) is 0. The zero-order valence-electron chi connectivity index (χ0n) is 53.8. The van der Waals surface area contributed by atoms with E-state index in [2.05, 4.69) is 349 Å². The highest BCUT2D eigenvalue weighted by molar-refractivity contribution is 6.18. The summed E-state index contributed by atoms with van der Waals surface area (Å²) in [5.74, 6) is 1.78. The molecule has 0 fully saturated rings. The van der Waals surface area contributed by atoms with Crippen LogP contribution in [0, 0.1) is 0 Å². The van der Waals surface area contributed by atoms with Gasteiger partial charge in [-0.25, -0.2) is 15.0 Å². The maximum Gasteiger partial charge on any atom is 0.164 e. The summed E-state index contributed by atoms with van der Waals surface area (Å²) < 4.78 is 4.95. The molecule has 460 valence electrons. The van der Waals surface area contributed by atoms with E-state index in [1.807, 2.05) is 18.2 Å². The van der Waals surface area contributed by atoms with Gasteiger partial charge in [0.05, 0.1) is 27.5 Å². The highest BCUT2D eigenvalue weighted by atomic mass is 15.0. The SMILES string of the molecule is c1ccc(-c2cc(-c3ccccc3)cc(-c3cccc(-c4nc(-c5ccccc5)nc(-c5cccc(-n6c7ccc(-c8ccc9c(c8)c8ccccc8n9-c8cccc(-c9ccccc9)c8)cc7c7ccc8c(c76)-c6ccccc6C86c7ccccc7-c7ccccc76)c5)n4)c3)c2)cc1. The maximum absolute atomic E-state index is 5.48. The van der Waals surface area contributed by atoms with Crippen molar-refractivity contribution in [3.05, 3.63) is 380 Å². The van der Waals surface area contributed by atoms with Crippen molar-refractivity contribution in [2.24, 2.45) is 0 Å². The van der Waals surface area contributed by atoms with Crippen molar-refractivity contribution in [3.8, 4) is 123 Å². The van der Waals surface area contributed by atoms with Gasteiger partial charge in [-0.1, -0.05) is 279 Å². The normalized spacial score (nSPS) is 12.5. The van der Waals surface area contributed by atoms with Crippen LogP contribution in [0.2, 0.25) is 0 Å². The largest absolute Gasteiger partial charge is 0.309 e. The summed E-state index contributed by atoms with van der Waals surface area (Å²) in [5, 5.41) is 4.77. The molecule has 2 aliphatic rings. The van der Waals surface area contributed by atoms with Gasteiger partial charge in [0.2, 0.25) is 0 Å². The molecule has 5 heteroatoms. The number of para-hydroxylation sites is 1. The van der Waals surface area contributed by atoms with Crippen molar-refractivity contribution in [1.29, 1.82) is 0 Å². The molecule has 0 saturated heterocycles. The first-order valence-electron chi connectivity index (χ1n) is 34.0. The third-order valence-corrected chi connectivity index (χ3v) is 20.7. The van der Waals surface area contributed by atoms with Gasteiger partial charge in [0.25, 0.3) is 0 Å². The predicted molar refractivity (Wildman–Crippen MR) is 408 cm³/mol. The van der Waals surface area contributed by atoms with Gasteiger partial charge in [0, 0.05) is 55.2 Å². The minimum atomic E-state index is -0.541. The summed E-state index contributed by atoms with van der Waals surface area (Å²) in [6.45, 7) is 0. The van der Waals surface area contributed by atoms with Crippen LogP contribution in [-0.2, 0) is 5.41 Å². The number of hydrogen-bond acceptors (Lipinski definition) is 3. The number of fused-ring (bicyclic) bond motifs is 17. The van der Waals surface area contributed by atoms with E-state index < -0.39 is 5.41 Å². The van der Waals surface area contributed by atoms with E-state index in [4.69, 9.17) is 15.0 Å². The van der Waals surface area contributed by atoms with Gasteiger partial charge in [0.15, 0.2) is 17.5 Å². The standard InChI is InChI=1S/C94H59N5/c1-5-24-60(25-6-1)65-33-22-36-73(56-65)98-86-45-20-16-40-77(86)80-58-66(46-50-87(80)98)67-47-51-88-81(59-67)78-48-49-85-89(79-41-15-19-44-84(79)94(85)82-42-17-13-38-75(82)76-39-14-18-43-83(76)94)90(78)99(88)74-37-23-35-69(57-74)93-96-91(63-30-11-4-12-31-63)95-92(97-93)68-34-21-32-64(52-68)72-54-70(61-26-7-2-8-27-61)53-71(55-72)62-28-9-3-10-29-62/h1-59H. The Morgan fingerprint density at radius 2 is 0.576 bits per heavy atom. The van der Waals surface area contributed by atoms with Crippen LogP contribution in [0.25, 0.3) is 167 Å². The van der Waals surface area contributed by atoms with Crippen LogP contribution >= 0.6 is 0 Å². The number of aromatic nitrogens is 5. The van der Waals surface area contributed by atoms with Crippen molar-refractivity contribution in [2.45, 2.75) is 5.41 Å². The average Bonchev–Trinajstić information content (AvgIpc) is 1.50. The van der Waals surface area contributed by atoms with Gasteiger partial charge in [-0.15, -0.1) is 0 Å². The molecule has 3 aromatic heterocycles. The summed E-state index contributed by atoms with van der Waals surface area (Å²) in [4.78, 5) is 16.2. The minimum Gasteiger partial charge on any atom is -0.309 e. The number of nitrogens with zero attached hydrogens (tertiary/aromatic N) is 5. The summed E-state index contributed by atoms with van der Waals surface area (Å²) in [7, 11) is 0. The van der Waals surface area contributed by atoms with Crippen LogP contribution in [0.15, 0.2) is 358 Å². The molecule has 1 spiro atoms. The smallest absolute Gasteiger partial charge is 0.164 e. The molecule has 0 amide bonds. The second kappa shape index (κ2) is 22.5. The lowest BCUT2D eigenvalue weighted by molar-refractivity contribution is 0.794. The van der Waals surface area contributed by atoms with Crippen LogP contribution in [0.4, 0.5) is 0 Å². The zero-order valence-corrected chi connectivity index (χ0v) is 53.8. The van der Waals surface area contributed by atoms with E-state index in [1.165, 1.54) is 82.7 Å². The quantitative estimate of drug-likeness (QED) is 0.137. The second-order valence-electron chi connectivity index (χ2n) is 26.2. The molecule has 0 radical (unpaired) electrons. The van der Waals surface area contributed by atoms with Crippen LogP contribution in [0.5, 0.6) is 0 Å². The second-order valence-corrected chi connectivity index (χ2v) is 26.2. The van der Waals surface area contributed by atoms with Gasteiger partial charge in [0.1, 0.15) is 0 Å². The summed E-state index contributed by atoms with van der Waals surface area (Å²) >= 11 is 0. The monoisotopic (exact) mass is 1260 g/mol. The van der Waals surface area contributed by atoms with E-state index in [0.29, 0.717) is 17.5 Å². The van der Waals surface area contributed by atoms with Crippen LogP contribution in [0.1, 0.15) is 22.3 Å². The molecular formula is C94H59N5. The summed E-state index contributed by atoms with van der Waals surface area (Å²) in [6, 6.07) is 131. The van der Waals surface area contributed by atoms with Crippen LogP contribution in [0.3, 0.4) is 0 Å². The Balaban J connectivity index is 0.778. The Kier molecular flexibility index (Phi) is 12.8. The fraction of sp³-hybridized carbons (Fsp3) is 0.0106. The maximum atomic E-state index is 5.48. The van der Waals surface area contributed by atoms with Crippen molar-refractivity contribution in [3.63, 3.8) is 0 Å². The molecule has 15 aromatic carbocycles. The molecule has 2 aliphatic carbocycles. The molecular weight excluding hydrogens is 1200 g/mol. The minimum absolute atomic E-state index is 0.541. The zero-order chi connectivity index (χ0) is 65.1. The van der Waals surface area contributed by atoms with E-state index in [1.54, 1.807) is 0 Å². The first-order valence-corrected chi connectivity index (χ1v) is 34.0. The molecule has 18 aromatic rings. The lowest BCUT2D eigenvalue weighted by atomic mass is 9.70. The lowest BCUT2D eigenvalue weighted by Gasteiger charge is -2.30. The fourth-order valence-corrected chi connectivity index (χ4v) is 16.4. The molecule has 0 unspecified atom stereocenters. The Morgan fingerprint density at radius 3 is 1.17 bits per heavy atom. The fourth-order valence-electron chi connectivity index (χ4n) is 16.4. The first kappa shape index (κ1) is 56.3. The molecule has 0 saturated carbocycles. The van der Waals surface area contributed by atoms with E-state index in [9.17, 15) is 0 Å². The van der Waals surface area contributed by atoms with E-state index >= 15 is 0 Å². The summed E-state index contributed by atoms with van der Waals surface area (Å²) in [5.41, 5.74) is 30.6. The number of benzene rings is 15. The Bertz CT molecular complexity index is 6180. The molecule has 0 N–H and O–H groups in total. The molecule has 99 heavy (non-hydrogen) atoms. The van der Waals surface area contributed by atoms with Gasteiger partial charge < -0.3 is 9.13 Å². The molecule has 0 aliphatic heterocycles. The third kappa shape index (κ3) is 8.91. The molecule has 5 nitrogen and oxygen atoms in total. The van der Waals surface area contributed by atoms with Crippen LogP contribution < -0.4 is 0 Å². The number of rotatable bonds is 10. The Labute approximate surface area is 573 Å². The van der Waals surface area contributed by atoms with E-state index in [0.717, 1.165) is 89.1 Å². The molecule has 3 heterocycles. The molecule has 20 rings (SSSR count). The van der Waals surface area contributed by atoms with E-state index in [-0.39, 0.29) is 0 Å². The van der Waals surface area contributed by atoms with Gasteiger partial charge in [-0.2, -0.15) is 0 Å². The van der Waals surface area contributed by atoms with Gasteiger partial charge >= 0.3 is 0 Å². The molecule has 0 atom stereocenters.